The van der Waals surface area contributed by atoms with Gasteiger partial charge in [-0.15, -0.1) is 5.10 Å². The molecule has 1 aliphatic heterocycles. The summed E-state index contributed by atoms with van der Waals surface area (Å²) in [5, 5.41) is 4.15. The molecule has 162 valence electrons. The molecule has 3 aromatic heterocycles. The van der Waals surface area contributed by atoms with Crippen molar-refractivity contribution in [2.45, 2.75) is 6.18 Å². The van der Waals surface area contributed by atoms with Gasteiger partial charge in [-0.1, -0.05) is 0 Å². The third kappa shape index (κ3) is 4.12. The van der Waals surface area contributed by atoms with Crippen molar-refractivity contribution in [2.24, 2.45) is 5.73 Å². The van der Waals surface area contributed by atoms with Crippen molar-refractivity contribution in [3.8, 4) is 17.3 Å². The first-order valence-corrected chi connectivity index (χ1v) is 8.99. The van der Waals surface area contributed by atoms with E-state index in [0.717, 1.165) is 6.20 Å². The fourth-order valence-electron chi connectivity index (χ4n) is 3.20. The fourth-order valence-corrected chi connectivity index (χ4v) is 3.20. The number of nitrogens with zero attached hydrogens (tertiary/aromatic N) is 5. The number of aldehydes is 1. The van der Waals surface area contributed by atoms with Crippen LogP contribution in [0.15, 0.2) is 24.5 Å². The van der Waals surface area contributed by atoms with Crippen molar-refractivity contribution in [3.63, 3.8) is 0 Å². The highest BCUT2D eigenvalue weighted by atomic mass is 19.4. The van der Waals surface area contributed by atoms with E-state index < -0.39 is 29.3 Å². The lowest BCUT2D eigenvalue weighted by atomic mass is 10.1. The van der Waals surface area contributed by atoms with Gasteiger partial charge in [0.05, 0.1) is 24.3 Å². The number of pyridine rings is 1. The van der Waals surface area contributed by atoms with E-state index in [-0.39, 0.29) is 5.82 Å². The normalized spacial score (nSPS) is 14.6. The number of carbonyl (C=O) groups excluding carboxylic acids is 2. The molecule has 2 N–H and O–H groups in total. The molecule has 0 bridgehead atoms. The van der Waals surface area contributed by atoms with Crippen LogP contribution < -0.4 is 15.4 Å². The number of aromatic nitrogens is 4. The zero-order chi connectivity index (χ0) is 22.2. The van der Waals surface area contributed by atoms with Gasteiger partial charge in [-0.05, 0) is 6.07 Å². The number of ether oxygens (including phenoxy) is 2. The van der Waals surface area contributed by atoms with E-state index in [4.69, 9.17) is 10.5 Å². The first-order valence-electron chi connectivity index (χ1n) is 8.99. The molecule has 13 heteroatoms. The topological polar surface area (TPSA) is 125 Å². The molecule has 1 amide bonds. The standard InChI is InChI=1S/C18H15F3N6O4/c19-18(20,21)12-6-14(31-17(22)29)23-7-11(12)15-24-16(26-1-3-30-4-2-26)13-5-10(9-28)8-27(13)25-15/h5-9H,1-4H2,(H2,22,29). The van der Waals surface area contributed by atoms with Gasteiger partial charge >= 0.3 is 12.3 Å². The molecule has 1 fully saturated rings. The number of morpholine rings is 1. The monoisotopic (exact) mass is 436 g/mol. The Morgan fingerprint density at radius 3 is 2.65 bits per heavy atom. The Labute approximate surface area is 172 Å². The number of halogens is 3. The Kier molecular flexibility index (Phi) is 5.19. The summed E-state index contributed by atoms with van der Waals surface area (Å²) in [5.74, 6) is -0.526. The largest absolute Gasteiger partial charge is 0.417 e. The van der Waals surface area contributed by atoms with E-state index in [1.54, 1.807) is 6.07 Å². The number of alkyl halides is 3. The van der Waals surface area contributed by atoms with Crippen LogP contribution >= 0.6 is 0 Å². The van der Waals surface area contributed by atoms with Gasteiger partial charge in [0.15, 0.2) is 17.9 Å². The quantitative estimate of drug-likeness (QED) is 0.615. The van der Waals surface area contributed by atoms with Crippen LogP contribution in [0.1, 0.15) is 15.9 Å². The number of rotatable bonds is 4. The van der Waals surface area contributed by atoms with Crippen molar-refractivity contribution in [1.82, 2.24) is 19.6 Å². The number of carbonyl (C=O) groups is 2. The molecule has 0 aliphatic carbocycles. The van der Waals surface area contributed by atoms with Crippen LogP contribution in [0.3, 0.4) is 0 Å². The molecule has 31 heavy (non-hydrogen) atoms. The summed E-state index contributed by atoms with van der Waals surface area (Å²) < 4.78 is 52.3. The molecule has 0 spiro atoms. The number of amides is 1. The Morgan fingerprint density at radius 2 is 2.00 bits per heavy atom. The highest BCUT2D eigenvalue weighted by Crippen LogP contribution is 2.38. The van der Waals surface area contributed by atoms with E-state index in [0.29, 0.717) is 55.6 Å². The summed E-state index contributed by atoms with van der Waals surface area (Å²) in [6.45, 7) is 1.76. The molecule has 1 aliphatic rings. The van der Waals surface area contributed by atoms with Crippen LogP contribution in [0.2, 0.25) is 0 Å². The van der Waals surface area contributed by atoms with Crippen molar-refractivity contribution < 1.29 is 32.2 Å². The molecule has 0 radical (unpaired) electrons. The van der Waals surface area contributed by atoms with Crippen molar-refractivity contribution >= 4 is 23.7 Å². The van der Waals surface area contributed by atoms with E-state index >= 15 is 0 Å². The maximum absolute atomic E-state index is 13.7. The van der Waals surface area contributed by atoms with Crippen LogP contribution in [-0.4, -0.2) is 58.3 Å². The fraction of sp³-hybridized carbons (Fsp3) is 0.278. The number of fused-ring (bicyclic) bond motifs is 1. The van der Waals surface area contributed by atoms with Crippen LogP contribution in [0.25, 0.3) is 16.9 Å². The molecule has 3 aromatic rings. The van der Waals surface area contributed by atoms with Gasteiger partial charge in [-0.25, -0.2) is 19.3 Å². The molecule has 0 atom stereocenters. The minimum absolute atomic E-state index is 0.271. The lowest BCUT2D eigenvalue weighted by molar-refractivity contribution is -0.137. The molecule has 0 aromatic carbocycles. The van der Waals surface area contributed by atoms with E-state index in [1.807, 2.05) is 4.90 Å². The van der Waals surface area contributed by atoms with E-state index in [2.05, 4.69) is 19.8 Å². The third-order valence-corrected chi connectivity index (χ3v) is 4.54. The predicted molar refractivity (Wildman–Crippen MR) is 99.9 cm³/mol. The number of nitrogens with two attached hydrogens (primary N) is 1. The summed E-state index contributed by atoms with van der Waals surface area (Å²) in [7, 11) is 0. The summed E-state index contributed by atoms with van der Waals surface area (Å²) in [6.07, 6.45) is -3.26. The second kappa shape index (κ2) is 7.83. The highest BCUT2D eigenvalue weighted by Gasteiger charge is 2.36. The Morgan fingerprint density at radius 1 is 1.26 bits per heavy atom. The smallest absolute Gasteiger partial charge is 0.391 e. The zero-order valence-corrected chi connectivity index (χ0v) is 15.8. The molecule has 0 unspecified atom stereocenters. The predicted octanol–water partition coefficient (Wildman–Crippen LogP) is 1.92. The van der Waals surface area contributed by atoms with Crippen LogP contribution in [0.5, 0.6) is 5.88 Å². The second-order valence-corrected chi connectivity index (χ2v) is 6.57. The van der Waals surface area contributed by atoms with E-state index in [1.165, 1.54) is 10.7 Å². The molecule has 4 rings (SSSR count). The minimum atomic E-state index is -4.82. The SMILES string of the molecule is NC(=O)Oc1cc(C(F)(F)F)c(-c2nc(N3CCOCC3)c3cc(C=O)cn3n2)cn1. The average molecular weight is 436 g/mol. The first-order chi connectivity index (χ1) is 14.8. The average Bonchev–Trinajstić information content (AvgIpc) is 3.16. The Bertz CT molecular complexity index is 1160. The Balaban J connectivity index is 1.91. The summed E-state index contributed by atoms with van der Waals surface area (Å²) in [5.41, 5.74) is 4.02. The number of anilines is 1. The first kappa shape index (κ1) is 20.5. The second-order valence-electron chi connectivity index (χ2n) is 6.57. The zero-order valence-electron chi connectivity index (χ0n) is 15.8. The molecular weight excluding hydrogens is 421 g/mol. The van der Waals surface area contributed by atoms with Crippen LogP contribution in [0.4, 0.5) is 23.8 Å². The summed E-state index contributed by atoms with van der Waals surface area (Å²) in [4.78, 5) is 32.0. The summed E-state index contributed by atoms with van der Waals surface area (Å²) >= 11 is 0. The number of primary amides is 1. The van der Waals surface area contributed by atoms with Crippen molar-refractivity contribution in [2.75, 3.05) is 31.2 Å². The molecule has 1 saturated heterocycles. The lowest BCUT2D eigenvalue weighted by Gasteiger charge is -2.28. The van der Waals surface area contributed by atoms with Gasteiger partial charge in [-0.3, -0.25) is 4.79 Å². The van der Waals surface area contributed by atoms with Gasteiger partial charge in [0.1, 0.15) is 5.52 Å². The van der Waals surface area contributed by atoms with Gasteiger partial charge in [0.25, 0.3) is 0 Å². The molecule has 4 heterocycles. The Hall–Kier alpha value is -3.74. The van der Waals surface area contributed by atoms with Gasteiger partial charge in [0.2, 0.25) is 5.88 Å². The van der Waals surface area contributed by atoms with Crippen molar-refractivity contribution in [1.29, 1.82) is 0 Å². The lowest BCUT2D eigenvalue weighted by Crippen LogP contribution is -2.37. The van der Waals surface area contributed by atoms with Gasteiger partial charge in [-0.2, -0.15) is 13.2 Å². The van der Waals surface area contributed by atoms with Crippen LogP contribution in [0, 0.1) is 0 Å². The van der Waals surface area contributed by atoms with Crippen LogP contribution in [-0.2, 0) is 10.9 Å². The number of hydrogen-bond acceptors (Lipinski definition) is 8. The van der Waals surface area contributed by atoms with Gasteiger partial charge in [0, 0.05) is 37.1 Å². The maximum atomic E-state index is 13.7. The third-order valence-electron chi connectivity index (χ3n) is 4.54. The molecular formula is C18H15F3N6O4. The summed E-state index contributed by atoms with van der Waals surface area (Å²) in [6, 6.07) is 2.10. The van der Waals surface area contributed by atoms with E-state index in [9.17, 15) is 22.8 Å². The highest BCUT2D eigenvalue weighted by molar-refractivity contribution is 5.82. The number of hydrogen-bond donors (Lipinski definition) is 1. The van der Waals surface area contributed by atoms with Gasteiger partial charge < -0.3 is 20.1 Å². The minimum Gasteiger partial charge on any atom is -0.391 e. The molecule has 0 saturated carbocycles. The maximum Gasteiger partial charge on any atom is 0.417 e. The molecule has 10 nitrogen and oxygen atoms in total. The van der Waals surface area contributed by atoms with Crippen molar-refractivity contribution in [3.05, 3.63) is 35.7 Å².